The molecule has 1 N–H and O–H groups in total. The summed E-state index contributed by atoms with van der Waals surface area (Å²) in [6, 6.07) is 11.9. The number of carbonyl (C=O) groups excluding carboxylic acids is 3. The van der Waals surface area contributed by atoms with Crippen molar-refractivity contribution in [3.63, 3.8) is 0 Å². The largest absolute Gasteiger partial charge is 0.324 e. The lowest BCUT2D eigenvalue weighted by Gasteiger charge is -2.12. The molecule has 2 heterocycles. The molecular formula is C17H12ClN3O3S. The maximum absolute atomic E-state index is 12.3. The van der Waals surface area contributed by atoms with Crippen LogP contribution in [0.15, 0.2) is 53.6 Å². The summed E-state index contributed by atoms with van der Waals surface area (Å²) < 4.78 is 0. The molecule has 0 spiro atoms. The Morgan fingerprint density at radius 2 is 2.08 bits per heavy atom. The van der Waals surface area contributed by atoms with Crippen LogP contribution in [-0.2, 0) is 9.59 Å². The number of amides is 3. The second kappa shape index (κ2) is 7.50. The molecule has 1 saturated heterocycles. The topological polar surface area (TPSA) is 79.4 Å². The first kappa shape index (κ1) is 17.2. The van der Waals surface area contributed by atoms with E-state index in [2.05, 4.69) is 10.3 Å². The SMILES string of the molecule is O=C(CN1C(=O)S/C(=C\c2ccccn2)C1=O)Nc1cccc(Cl)c1. The molecule has 1 aromatic heterocycles. The quantitative estimate of drug-likeness (QED) is 0.831. The average Bonchev–Trinajstić information content (AvgIpc) is 2.83. The predicted molar refractivity (Wildman–Crippen MR) is 97.0 cm³/mol. The van der Waals surface area contributed by atoms with Crippen molar-refractivity contribution in [3.8, 4) is 0 Å². The molecule has 1 aliphatic rings. The van der Waals surface area contributed by atoms with E-state index < -0.39 is 17.1 Å². The van der Waals surface area contributed by atoms with Crippen LogP contribution in [0.25, 0.3) is 6.08 Å². The molecule has 0 atom stereocenters. The number of carbonyl (C=O) groups is 3. The second-order valence-electron chi connectivity index (χ2n) is 5.08. The molecule has 1 aliphatic heterocycles. The summed E-state index contributed by atoms with van der Waals surface area (Å²) in [5.41, 5.74) is 1.06. The Morgan fingerprint density at radius 3 is 2.80 bits per heavy atom. The zero-order valence-corrected chi connectivity index (χ0v) is 14.4. The summed E-state index contributed by atoms with van der Waals surface area (Å²) in [7, 11) is 0. The summed E-state index contributed by atoms with van der Waals surface area (Å²) in [6.45, 7) is -0.364. The van der Waals surface area contributed by atoms with Crippen LogP contribution in [0.4, 0.5) is 10.5 Å². The van der Waals surface area contributed by atoms with Crippen molar-refractivity contribution >= 4 is 52.2 Å². The minimum Gasteiger partial charge on any atom is -0.324 e. The lowest BCUT2D eigenvalue weighted by atomic mass is 10.3. The molecule has 126 valence electrons. The number of rotatable bonds is 4. The summed E-state index contributed by atoms with van der Waals surface area (Å²) >= 11 is 6.64. The van der Waals surface area contributed by atoms with E-state index in [-0.39, 0.29) is 11.4 Å². The molecule has 25 heavy (non-hydrogen) atoms. The van der Waals surface area contributed by atoms with Crippen LogP contribution in [0.3, 0.4) is 0 Å². The molecule has 1 aromatic carbocycles. The Labute approximate surface area is 152 Å². The molecule has 0 saturated carbocycles. The summed E-state index contributed by atoms with van der Waals surface area (Å²) in [5.74, 6) is -0.995. The number of hydrogen-bond acceptors (Lipinski definition) is 5. The van der Waals surface area contributed by atoms with Gasteiger partial charge in [0.05, 0.1) is 10.6 Å². The van der Waals surface area contributed by atoms with Crippen molar-refractivity contribution in [1.82, 2.24) is 9.88 Å². The van der Waals surface area contributed by atoms with E-state index in [1.807, 2.05) is 0 Å². The van der Waals surface area contributed by atoms with Gasteiger partial charge in [0.25, 0.3) is 11.1 Å². The zero-order chi connectivity index (χ0) is 17.8. The highest BCUT2D eigenvalue weighted by Crippen LogP contribution is 2.31. The van der Waals surface area contributed by atoms with Crippen molar-refractivity contribution in [2.24, 2.45) is 0 Å². The smallest absolute Gasteiger partial charge is 0.294 e. The predicted octanol–water partition coefficient (Wildman–Crippen LogP) is 3.41. The van der Waals surface area contributed by atoms with Crippen LogP contribution in [0.1, 0.15) is 5.69 Å². The fraction of sp³-hybridized carbons (Fsp3) is 0.0588. The molecule has 0 bridgehead atoms. The van der Waals surface area contributed by atoms with Crippen LogP contribution in [0.5, 0.6) is 0 Å². The Bertz CT molecular complexity index is 870. The van der Waals surface area contributed by atoms with Crippen LogP contribution in [0.2, 0.25) is 5.02 Å². The fourth-order valence-electron chi connectivity index (χ4n) is 2.14. The monoisotopic (exact) mass is 373 g/mol. The van der Waals surface area contributed by atoms with E-state index in [9.17, 15) is 14.4 Å². The zero-order valence-electron chi connectivity index (χ0n) is 12.8. The number of nitrogens with zero attached hydrogens (tertiary/aromatic N) is 2. The molecule has 3 rings (SSSR count). The summed E-state index contributed by atoms with van der Waals surface area (Å²) in [5, 5.41) is 2.59. The van der Waals surface area contributed by atoms with Crippen LogP contribution in [-0.4, -0.2) is 33.5 Å². The van der Waals surface area contributed by atoms with Gasteiger partial charge >= 0.3 is 0 Å². The highest BCUT2D eigenvalue weighted by molar-refractivity contribution is 8.18. The summed E-state index contributed by atoms with van der Waals surface area (Å²) in [4.78, 5) is 41.7. The molecule has 0 aliphatic carbocycles. The number of benzene rings is 1. The highest BCUT2D eigenvalue weighted by atomic mass is 35.5. The summed E-state index contributed by atoms with van der Waals surface area (Å²) in [6.07, 6.45) is 3.12. The maximum atomic E-state index is 12.3. The Kier molecular flexibility index (Phi) is 5.16. The molecule has 6 nitrogen and oxygen atoms in total. The lowest BCUT2D eigenvalue weighted by Crippen LogP contribution is -2.36. The number of anilines is 1. The van der Waals surface area contributed by atoms with Crippen LogP contribution < -0.4 is 5.32 Å². The highest BCUT2D eigenvalue weighted by Gasteiger charge is 2.36. The van der Waals surface area contributed by atoms with E-state index in [0.717, 1.165) is 16.7 Å². The van der Waals surface area contributed by atoms with Gasteiger partial charge in [-0.25, -0.2) is 0 Å². The minimum absolute atomic E-state index is 0.235. The first-order valence-corrected chi connectivity index (χ1v) is 8.44. The Hall–Kier alpha value is -2.64. The van der Waals surface area contributed by atoms with Crippen molar-refractivity contribution in [2.45, 2.75) is 0 Å². The van der Waals surface area contributed by atoms with Gasteiger partial charge in [-0.2, -0.15) is 0 Å². The van der Waals surface area contributed by atoms with Gasteiger partial charge in [0.15, 0.2) is 0 Å². The number of thioether (sulfide) groups is 1. The lowest BCUT2D eigenvalue weighted by molar-refractivity contribution is -0.127. The molecule has 2 aromatic rings. The van der Waals surface area contributed by atoms with Gasteiger partial charge in [-0.3, -0.25) is 24.3 Å². The number of halogens is 1. The molecule has 0 radical (unpaired) electrons. The fourth-order valence-corrected chi connectivity index (χ4v) is 3.16. The molecule has 3 amide bonds. The first-order valence-electron chi connectivity index (χ1n) is 7.25. The number of imide groups is 1. The van der Waals surface area contributed by atoms with Crippen LogP contribution >= 0.6 is 23.4 Å². The maximum Gasteiger partial charge on any atom is 0.294 e. The van der Waals surface area contributed by atoms with Gasteiger partial charge in [-0.1, -0.05) is 23.7 Å². The minimum atomic E-state index is -0.512. The Balaban J connectivity index is 1.68. The standard InChI is InChI=1S/C17H12ClN3O3S/c18-11-4-3-6-13(8-11)20-15(22)10-21-16(23)14(25-17(21)24)9-12-5-1-2-7-19-12/h1-9H,10H2,(H,20,22)/b14-9-. The van der Waals surface area contributed by atoms with Crippen molar-refractivity contribution < 1.29 is 14.4 Å². The van der Waals surface area contributed by atoms with E-state index >= 15 is 0 Å². The number of aromatic nitrogens is 1. The number of pyridine rings is 1. The van der Waals surface area contributed by atoms with E-state index in [0.29, 0.717) is 16.4 Å². The molecule has 0 unspecified atom stereocenters. The van der Waals surface area contributed by atoms with E-state index in [1.54, 1.807) is 48.7 Å². The van der Waals surface area contributed by atoms with E-state index in [1.165, 1.54) is 6.08 Å². The third kappa shape index (κ3) is 4.26. The van der Waals surface area contributed by atoms with Gasteiger partial charge in [0.2, 0.25) is 5.91 Å². The number of hydrogen-bond donors (Lipinski definition) is 1. The van der Waals surface area contributed by atoms with Crippen molar-refractivity contribution in [3.05, 3.63) is 64.3 Å². The average molecular weight is 374 g/mol. The normalized spacial score (nSPS) is 15.7. The number of nitrogens with one attached hydrogen (secondary N) is 1. The van der Waals surface area contributed by atoms with E-state index in [4.69, 9.17) is 11.6 Å². The third-order valence-electron chi connectivity index (χ3n) is 3.25. The molecular weight excluding hydrogens is 362 g/mol. The van der Waals surface area contributed by atoms with Gasteiger partial charge in [-0.05, 0) is 48.2 Å². The van der Waals surface area contributed by atoms with Gasteiger partial charge in [-0.15, -0.1) is 0 Å². The van der Waals surface area contributed by atoms with Crippen molar-refractivity contribution in [1.29, 1.82) is 0 Å². The van der Waals surface area contributed by atoms with Gasteiger partial charge in [0.1, 0.15) is 6.54 Å². The molecule has 1 fully saturated rings. The Morgan fingerprint density at radius 1 is 1.24 bits per heavy atom. The molecule has 8 heteroatoms. The van der Waals surface area contributed by atoms with Gasteiger partial charge in [0, 0.05) is 16.9 Å². The first-order chi connectivity index (χ1) is 12.0. The third-order valence-corrected chi connectivity index (χ3v) is 4.39. The van der Waals surface area contributed by atoms with Gasteiger partial charge < -0.3 is 5.32 Å². The van der Waals surface area contributed by atoms with Crippen LogP contribution in [0, 0.1) is 0 Å². The van der Waals surface area contributed by atoms with Crippen molar-refractivity contribution in [2.75, 3.05) is 11.9 Å². The second-order valence-corrected chi connectivity index (χ2v) is 6.51.